The van der Waals surface area contributed by atoms with Gasteiger partial charge >= 0.3 is 5.69 Å². The molecule has 2 aromatic carbocycles. The van der Waals surface area contributed by atoms with Crippen molar-refractivity contribution < 1.29 is 9.85 Å². The quantitative estimate of drug-likeness (QED) is 0.504. The number of anilines is 1. The van der Waals surface area contributed by atoms with Gasteiger partial charge in [-0.15, -0.1) is 0 Å². The Labute approximate surface area is 135 Å². The van der Waals surface area contributed by atoms with Gasteiger partial charge in [-0.2, -0.15) is 5.10 Å². The minimum Gasteiger partial charge on any atom is -0.271 e. The maximum Gasteiger partial charge on any atom is 0.301 e. The number of halogens is 1. The molecule has 2 rings (SSSR count). The third-order valence-electron chi connectivity index (χ3n) is 2.98. The Balaban J connectivity index is 2.31. The predicted molar refractivity (Wildman–Crippen MR) is 87.0 cm³/mol. The van der Waals surface area contributed by atoms with Crippen LogP contribution in [0.15, 0.2) is 47.6 Å². The number of nitro benzene ring substituents is 2. The topological polar surface area (TPSA) is 111 Å². The van der Waals surface area contributed by atoms with E-state index in [2.05, 4.69) is 10.5 Å². The summed E-state index contributed by atoms with van der Waals surface area (Å²) in [4.78, 5) is 20.3. The van der Waals surface area contributed by atoms with Crippen LogP contribution in [0.2, 0.25) is 5.02 Å². The smallest absolute Gasteiger partial charge is 0.271 e. The van der Waals surface area contributed by atoms with Crippen LogP contribution in [0, 0.1) is 20.2 Å². The van der Waals surface area contributed by atoms with E-state index in [1.165, 1.54) is 12.1 Å². The minimum atomic E-state index is -0.709. The summed E-state index contributed by atoms with van der Waals surface area (Å²) in [6.07, 6.45) is 0. The summed E-state index contributed by atoms with van der Waals surface area (Å²) in [5, 5.41) is 26.3. The fraction of sp³-hybridized carbons (Fsp3) is 0.0714. The van der Waals surface area contributed by atoms with Crippen molar-refractivity contribution in [2.75, 3.05) is 5.43 Å². The first-order chi connectivity index (χ1) is 10.9. The molecule has 0 heterocycles. The van der Waals surface area contributed by atoms with Crippen molar-refractivity contribution in [3.05, 3.63) is 73.3 Å². The van der Waals surface area contributed by atoms with Gasteiger partial charge in [-0.3, -0.25) is 25.7 Å². The van der Waals surface area contributed by atoms with E-state index in [1.54, 1.807) is 31.2 Å². The minimum absolute atomic E-state index is 0.0574. The van der Waals surface area contributed by atoms with Crippen LogP contribution in [-0.2, 0) is 0 Å². The lowest BCUT2D eigenvalue weighted by atomic mass is 10.1. The Kier molecular flexibility index (Phi) is 4.87. The van der Waals surface area contributed by atoms with E-state index in [1.807, 2.05) is 0 Å². The zero-order chi connectivity index (χ0) is 17.0. The Bertz CT molecular complexity index is 807. The van der Waals surface area contributed by atoms with Gasteiger partial charge in [-0.25, -0.2) is 0 Å². The highest BCUT2D eigenvalue weighted by Gasteiger charge is 2.19. The molecule has 23 heavy (non-hydrogen) atoms. The maximum absolute atomic E-state index is 11.0. The van der Waals surface area contributed by atoms with Crippen molar-refractivity contribution in [3.8, 4) is 0 Å². The van der Waals surface area contributed by atoms with Gasteiger partial charge in [-0.05, 0) is 30.7 Å². The Morgan fingerprint density at radius 1 is 1.13 bits per heavy atom. The van der Waals surface area contributed by atoms with Gasteiger partial charge in [0.15, 0.2) is 0 Å². The van der Waals surface area contributed by atoms with Gasteiger partial charge in [-0.1, -0.05) is 23.7 Å². The summed E-state index contributed by atoms with van der Waals surface area (Å²) in [6, 6.07) is 10.2. The van der Waals surface area contributed by atoms with Crippen molar-refractivity contribution in [3.63, 3.8) is 0 Å². The largest absolute Gasteiger partial charge is 0.301 e. The molecule has 0 bridgehead atoms. The number of nitrogens with zero attached hydrogens (tertiary/aromatic N) is 3. The van der Waals surface area contributed by atoms with Crippen molar-refractivity contribution in [2.24, 2.45) is 5.10 Å². The van der Waals surface area contributed by atoms with Crippen molar-refractivity contribution >= 4 is 34.4 Å². The van der Waals surface area contributed by atoms with Crippen molar-refractivity contribution in [2.45, 2.75) is 6.92 Å². The molecule has 0 saturated heterocycles. The van der Waals surface area contributed by atoms with Gasteiger partial charge < -0.3 is 0 Å². The highest BCUT2D eigenvalue weighted by Crippen LogP contribution is 2.29. The fourth-order valence-corrected chi connectivity index (χ4v) is 1.99. The number of nitro groups is 2. The molecule has 0 aromatic heterocycles. The van der Waals surface area contributed by atoms with E-state index in [9.17, 15) is 20.2 Å². The normalized spacial score (nSPS) is 11.1. The third kappa shape index (κ3) is 4.01. The molecule has 0 amide bonds. The van der Waals surface area contributed by atoms with Gasteiger partial charge in [0, 0.05) is 11.1 Å². The van der Waals surface area contributed by atoms with Crippen LogP contribution in [0.4, 0.5) is 17.1 Å². The number of rotatable bonds is 5. The van der Waals surface area contributed by atoms with E-state index >= 15 is 0 Å². The average molecular weight is 335 g/mol. The molecular formula is C14H11ClN4O4. The molecule has 0 fully saturated rings. The van der Waals surface area contributed by atoms with Crippen LogP contribution in [0.3, 0.4) is 0 Å². The van der Waals surface area contributed by atoms with Gasteiger partial charge in [0.1, 0.15) is 5.69 Å². The predicted octanol–water partition coefficient (Wildman–Crippen LogP) is 3.99. The molecule has 0 aliphatic carbocycles. The first kappa shape index (κ1) is 16.4. The fourth-order valence-electron chi connectivity index (χ4n) is 1.80. The monoisotopic (exact) mass is 334 g/mol. The molecule has 0 radical (unpaired) electrons. The average Bonchev–Trinajstić information content (AvgIpc) is 2.52. The highest BCUT2D eigenvalue weighted by molar-refractivity contribution is 6.31. The highest BCUT2D eigenvalue weighted by atomic mass is 35.5. The maximum atomic E-state index is 11.0. The SMILES string of the molecule is C/C(=N/Nc1ccc([N+](=O)[O-])cc1[N+](=O)[O-])c1cccc(Cl)c1. The lowest BCUT2D eigenvalue weighted by Gasteiger charge is -2.05. The molecule has 0 aliphatic heterocycles. The van der Waals surface area contributed by atoms with E-state index in [0.717, 1.165) is 11.6 Å². The second kappa shape index (κ2) is 6.84. The number of benzene rings is 2. The van der Waals surface area contributed by atoms with E-state index < -0.39 is 15.5 Å². The molecule has 0 saturated carbocycles. The second-order valence-electron chi connectivity index (χ2n) is 4.54. The second-order valence-corrected chi connectivity index (χ2v) is 4.97. The number of nitrogens with one attached hydrogen (secondary N) is 1. The van der Waals surface area contributed by atoms with Crippen LogP contribution in [0.1, 0.15) is 12.5 Å². The van der Waals surface area contributed by atoms with E-state index in [-0.39, 0.29) is 11.4 Å². The number of non-ortho nitro benzene ring substituents is 1. The summed E-state index contributed by atoms with van der Waals surface area (Å²) in [7, 11) is 0. The first-order valence-electron chi connectivity index (χ1n) is 6.37. The Morgan fingerprint density at radius 2 is 1.87 bits per heavy atom. The van der Waals surface area contributed by atoms with Crippen LogP contribution in [0.5, 0.6) is 0 Å². The molecular weight excluding hydrogens is 324 g/mol. The molecule has 0 aliphatic rings. The lowest BCUT2D eigenvalue weighted by molar-refractivity contribution is -0.393. The number of hydrogen-bond donors (Lipinski definition) is 1. The van der Waals surface area contributed by atoms with Crippen LogP contribution in [0.25, 0.3) is 0 Å². The molecule has 8 nitrogen and oxygen atoms in total. The van der Waals surface area contributed by atoms with Crippen LogP contribution < -0.4 is 5.43 Å². The first-order valence-corrected chi connectivity index (χ1v) is 6.75. The summed E-state index contributed by atoms with van der Waals surface area (Å²) in [5.41, 5.74) is 3.13. The molecule has 2 aromatic rings. The standard InChI is InChI=1S/C14H11ClN4O4/c1-9(10-3-2-4-11(15)7-10)16-17-13-6-5-12(18(20)21)8-14(13)19(22)23/h2-8,17H,1H3/b16-9-. The number of hydrazone groups is 1. The lowest BCUT2D eigenvalue weighted by Crippen LogP contribution is -2.02. The molecule has 118 valence electrons. The molecule has 0 atom stereocenters. The zero-order valence-electron chi connectivity index (χ0n) is 11.9. The summed E-state index contributed by atoms with van der Waals surface area (Å²) in [5.74, 6) is 0. The summed E-state index contributed by atoms with van der Waals surface area (Å²) < 4.78 is 0. The Morgan fingerprint density at radius 3 is 2.48 bits per heavy atom. The van der Waals surface area contributed by atoms with E-state index in [4.69, 9.17) is 11.6 Å². The van der Waals surface area contributed by atoms with Crippen LogP contribution >= 0.6 is 11.6 Å². The summed E-state index contributed by atoms with van der Waals surface area (Å²) in [6.45, 7) is 1.70. The number of hydrogen-bond acceptors (Lipinski definition) is 6. The van der Waals surface area contributed by atoms with Gasteiger partial charge in [0.2, 0.25) is 0 Å². The molecule has 0 unspecified atom stereocenters. The molecule has 0 spiro atoms. The van der Waals surface area contributed by atoms with Crippen molar-refractivity contribution in [1.82, 2.24) is 0 Å². The summed E-state index contributed by atoms with van der Waals surface area (Å²) >= 11 is 5.89. The molecule has 1 N–H and O–H groups in total. The van der Waals surface area contributed by atoms with E-state index in [0.29, 0.717) is 10.7 Å². The van der Waals surface area contributed by atoms with Crippen molar-refractivity contribution in [1.29, 1.82) is 0 Å². The molecule has 9 heteroatoms. The van der Waals surface area contributed by atoms with Gasteiger partial charge in [0.25, 0.3) is 5.69 Å². The Hall–Kier alpha value is -3.00. The zero-order valence-corrected chi connectivity index (χ0v) is 12.6. The van der Waals surface area contributed by atoms with Gasteiger partial charge in [0.05, 0.1) is 21.6 Å². The van der Waals surface area contributed by atoms with Crippen LogP contribution in [-0.4, -0.2) is 15.6 Å². The third-order valence-corrected chi connectivity index (χ3v) is 3.21.